The molecule has 0 aliphatic carbocycles. The average Bonchev–Trinajstić information content (AvgIpc) is 2.64. The van der Waals surface area contributed by atoms with Crippen LogP contribution in [-0.2, 0) is 20.8 Å². The van der Waals surface area contributed by atoms with Crippen molar-refractivity contribution in [3.63, 3.8) is 0 Å². The molecule has 9 nitrogen and oxygen atoms in total. The fraction of sp³-hybridized carbons (Fsp3) is 0.591. The van der Waals surface area contributed by atoms with Crippen molar-refractivity contribution in [2.24, 2.45) is 23.0 Å². The fourth-order valence-electron chi connectivity index (χ4n) is 3.28. The molecule has 0 saturated carbocycles. The van der Waals surface area contributed by atoms with E-state index in [-0.39, 0.29) is 12.3 Å². The summed E-state index contributed by atoms with van der Waals surface area (Å²) in [4.78, 5) is 48.2. The van der Waals surface area contributed by atoms with Crippen LogP contribution < -0.4 is 16.4 Å². The third-order valence-corrected chi connectivity index (χ3v) is 4.92. The molecular formula is C22H33FN4O5. The first-order valence-corrected chi connectivity index (χ1v) is 10.5. The van der Waals surface area contributed by atoms with Crippen molar-refractivity contribution < 1.29 is 23.7 Å². The molecular weight excluding hydrogens is 419 g/mol. The average molecular weight is 453 g/mol. The number of nitrogens with one attached hydrogen (secondary N) is 2. The molecule has 1 aromatic carbocycles. The maximum Gasteiger partial charge on any atom is 0.243 e. The number of primary amides is 1. The number of rotatable bonds is 11. The van der Waals surface area contributed by atoms with Crippen molar-refractivity contribution in [3.8, 4) is 0 Å². The highest BCUT2D eigenvalue weighted by Gasteiger charge is 2.37. The maximum absolute atomic E-state index is 13.1. The SMILES string of the molecule is CC(C)C[C@H](C[N+](=O)[O-])C(=O)N[C@H](C(=O)N[C@@H](Cc1ccc(F)cc1)C(N)=O)C(C)(C)C. The van der Waals surface area contributed by atoms with Gasteiger partial charge in [0.15, 0.2) is 0 Å². The minimum Gasteiger partial charge on any atom is -0.368 e. The van der Waals surface area contributed by atoms with Gasteiger partial charge in [-0.15, -0.1) is 0 Å². The molecule has 0 saturated heterocycles. The van der Waals surface area contributed by atoms with Gasteiger partial charge >= 0.3 is 0 Å². The number of hydrogen-bond donors (Lipinski definition) is 3. The number of carbonyl (C=O) groups is 3. The van der Waals surface area contributed by atoms with E-state index in [4.69, 9.17) is 5.73 Å². The van der Waals surface area contributed by atoms with Crippen LogP contribution in [-0.4, -0.2) is 41.3 Å². The van der Waals surface area contributed by atoms with Gasteiger partial charge in [-0.1, -0.05) is 46.8 Å². The summed E-state index contributed by atoms with van der Waals surface area (Å²) in [5.74, 6) is -3.31. The lowest BCUT2D eigenvalue weighted by Crippen LogP contribution is -2.58. The summed E-state index contributed by atoms with van der Waals surface area (Å²) >= 11 is 0. The van der Waals surface area contributed by atoms with E-state index >= 15 is 0 Å². The Kier molecular flexibility index (Phi) is 9.74. The molecule has 0 aliphatic rings. The quantitative estimate of drug-likeness (QED) is 0.346. The number of hydrogen-bond acceptors (Lipinski definition) is 5. The summed E-state index contributed by atoms with van der Waals surface area (Å²) in [5, 5.41) is 16.2. The first kappa shape index (κ1) is 27.0. The van der Waals surface area contributed by atoms with Gasteiger partial charge in [0.1, 0.15) is 23.8 Å². The van der Waals surface area contributed by atoms with Crippen LogP contribution in [0.3, 0.4) is 0 Å². The highest BCUT2D eigenvalue weighted by atomic mass is 19.1. The predicted octanol–water partition coefficient (Wildman–Crippen LogP) is 1.81. The third kappa shape index (κ3) is 8.99. The first-order chi connectivity index (χ1) is 14.7. The minimum absolute atomic E-state index is 0.0440. The molecule has 0 aliphatic heterocycles. The number of nitro groups is 1. The van der Waals surface area contributed by atoms with Crippen LogP contribution in [0.5, 0.6) is 0 Å². The molecule has 10 heteroatoms. The van der Waals surface area contributed by atoms with E-state index in [1.807, 2.05) is 13.8 Å². The zero-order valence-electron chi connectivity index (χ0n) is 19.2. The topological polar surface area (TPSA) is 144 Å². The Bertz CT molecular complexity index is 821. The van der Waals surface area contributed by atoms with E-state index in [0.717, 1.165) is 0 Å². The van der Waals surface area contributed by atoms with Crippen molar-refractivity contribution in [1.82, 2.24) is 10.6 Å². The molecule has 0 spiro atoms. The Morgan fingerprint density at radius 2 is 1.66 bits per heavy atom. The fourth-order valence-corrected chi connectivity index (χ4v) is 3.28. The second-order valence-corrected chi connectivity index (χ2v) is 9.44. The van der Waals surface area contributed by atoms with E-state index in [0.29, 0.717) is 12.0 Å². The van der Waals surface area contributed by atoms with Gasteiger partial charge in [-0.25, -0.2) is 4.39 Å². The van der Waals surface area contributed by atoms with Crippen LogP contribution in [0.25, 0.3) is 0 Å². The Morgan fingerprint density at radius 3 is 2.09 bits per heavy atom. The van der Waals surface area contributed by atoms with Gasteiger partial charge in [0.2, 0.25) is 24.3 Å². The van der Waals surface area contributed by atoms with Crippen LogP contribution in [0.1, 0.15) is 46.6 Å². The van der Waals surface area contributed by atoms with Crippen molar-refractivity contribution in [3.05, 3.63) is 45.8 Å². The molecule has 178 valence electrons. The maximum atomic E-state index is 13.1. The van der Waals surface area contributed by atoms with Gasteiger partial charge < -0.3 is 16.4 Å². The van der Waals surface area contributed by atoms with Gasteiger partial charge in [-0.05, 0) is 35.4 Å². The molecule has 1 aromatic rings. The number of nitrogens with two attached hydrogens (primary N) is 1. The summed E-state index contributed by atoms with van der Waals surface area (Å²) < 4.78 is 13.1. The van der Waals surface area contributed by atoms with Gasteiger partial charge in [-0.3, -0.25) is 24.5 Å². The van der Waals surface area contributed by atoms with Crippen LogP contribution in [0.2, 0.25) is 0 Å². The second kappa shape index (κ2) is 11.5. The Balaban J connectivity index is 3.02. The molecule has 0 heterocycles. The van der Waals surface area contributed by atoms with Crippen molar-refractivity contribution in [1.29, 1.82) is 0 Å². The Hall–Kier alpha value is -3.04. The highest BCUT2D eigenvalue weighted by molar-refractivity contribution is 5.92. The first-order valence-electron chi connectivity index (χ1n) is 10.5. The summed E-state index contributed by atoms with van der Waals surface area (Å²) in [6.07, 6.45) is 0.337. The zero-order chi connectivity index (χ0) is 24.6. The van der Waals surface area contributed by atoms with Gasteiger partial charge in [-0.2, -0.15) is 0 Å². The highest BCUT2D eigenvalue weighted by Crippen LogP contribution is 2.21. The summed E-state index contributed by atoms with van der Waals surface area (Å²) in [6.45, 7) is 8.32. The lowest BCUT2D eigenvalue weighted by molar-refractivity contribution is -0.486. The smallest absolute Gasteiger partial charge is 0.243 e. The van der Waals surface area contributed by atoms with E-state index in [1.54, 1.807) is 20.8 Å². The van der Waals surface area contributed by atoms with E-state index in [9.17, 15) is 28.9 Å². The molecule has 4 N–H and O–H groups in total. The van der Waals surface area contributed by atoms with Crippen LogP contribution in [0, 0.1) is 33.2 Å². The van der Waals surface area contributed by atoms with E-state index < -0.39 is 58.4 Å². The van der Waals surface area contributed by atoms with Gasteiger partial charge in [0.05, 0.1) is 0 Å². The molecule has 3 atom stereocenters. The normalized spacial score (nSPS) is 14.3. The van der Waals surface area contributed by atoms with Crippen molar-refractivity contribution >= 4 is 17.7 Å². The van der Waals surface area contributed by atoms with Crippen molar-refractivity contribution in [2.45, 2.75) is 59.5 Å². The zero-order valence-corrected chi connectivity index (χ0v) is 19.2. The summed E-state index contributed by atoms with van der Waals surface area (Å²) in [5.41, 5.74) is 5.28. The molecule has 0 aromatic heterocycles. The second-order valence-electron chi connectivity index (χ2n) is 9.44. The molecule has 32 heavy (non-hydrogen) atoms. The minimum atomic E-state index is -1.08. The number of amides is 3. The van der Waals surface area contributed by atoms with Crippen LogP contribution >= 0.6 is 0 Å². The number of nitrogens with zero attached hydrogens (tertiary/aromatic N) is 1. The Labute approximate surface area is 187 Å². The van der Waals surface area contributed by atoms with Gasteiger partial charge in [0, 0.05) is 11.3 Å². The lowest BCUT2D eigenvalue weighted by atomic mass is 9.85. The lowest BCUT2D eigenvalue weighted by Gasteiger charge is -2.32. The third-order valence-electron chi connectivity index (χ3n) is 4.92. The monoisotopic (exact) mass is 452 g/mol. The molecule has 0 fully saturated rings. The van der Waals surface area contributed by atoms with E-state index in [1.165, 1.54) is 24.3 Å². The molecule has 0 radical (unpaired) electrons. The molecule has 0 unspecified atom stereocenters. The largest absolute Gasteiger partial charge is 0.368 e. The standard InChI is InChI=1S/C22H33FN4O5/c1-13(2)10-15(12-27(31)32)20(29)26-18(22(3,4)5)21(30)25-17(19(24)28)11-14-6-8-16(23)9-7-14/h6-9,13,15,17-18H,10-12H2,1-5H3,(H2,24,28)(H,25,30)(H,26,29)/t15-,17+,18-/m1/s1. The van der Waals surface area contributed by atoms with Gasteiger partial charge in [0.25, 0.3) is 0 Å². The summed E-state index contributed by atoms with van der Waals surface area (Å²) in [7, 11) is 0. The van der Waals surface area contributed by atoms with Crippen molar-refractivity contribution in [2.75, 3.05) is 6.54 Å². The number of carbonyl (C=O) groups excluding carboxylic acids is 3. The van der Waals surface area contributed by atoms with E-state index in [2.05, 4.69) is 10.6 Å². The predicted molar refractivity (Wildman–Crippen MR) is 117 cm³/mol. The summed E-state index contributed by atoms with van der Waals surface area (Å²) in [6, 6.07) is 3.28. The Morgan fingerprint density at radius 1 is 1.09 bits per heavy atom. The molecule has 0 bridgehead atoms. The number of halogens is 1. The molecule has 1 rings (SSSR count). The van der Waals surface area contributed by atoms with Crippen LogP contribution in [0.15, 0.2) is 24.3 Å². The van der Waals surface area contributed by atoms with Crippen LogP contribution in [0.4, 0.5) is 4.39 Å². The number of benzene rings is 1. The molecule has 3 amide bonds.